The van der Waals surface area contributed by atoms with E-state index in [1.54, 1.807) is 17.4 Å². The number of fused-ring (bicyclic) bond motifs is 1. The molecule has 0 atom stereocenters. The van der Waals surface area contributed by atoms with Gasteiger partial charge in [0.25, 0.3) is 0 Å². The minimum atomic E-state index is -0.399. The Morgan fingerprint density at radius 1 is 1.35 bits per heavy atom. The molecule has 0 aliphatic carbocycles. The van der Waals surface area contributed by atoms with Crippen LogP contribution in [0.25, 0.3) is 10.9 Å². The summed E-state index contributed by atoms with van der Waals surface area (Å²) in [6.45, 7) is 3.45. The van der Waals surface area contributed by atoms with Crippen LogP contribution < -0.4 is 10.7 Å². The van der Waals surface area contributed by atoms with Crippen LogP contribution in [0.4, 0.5) is 4.39 Å². The zero-order valence-corrected chi connectivity index (χ0v) is 13.7. The van der Waals surface area contributed by atoms with Gasteiger partial charge in [0.1, 0.15) is 5.82 Å². The van der Waals surface area contributed by atoms with Gasteiger partial charge in [-0.25, -0.2) is 9.37 Å². The second-order valence-corrected chi connectivity index (χ2v) is 6.30. The SMILES string of the molecule is CCc1nc(CCNCc2cc(=O)c3cc(F)ccc3[nH]2)cs1. The highest BCUT2D eigenvalue weighted by molar-refractivity contribution is 7.09. The van der Waals surface area contributed by atoms with Crippen molar-refractivity contribution in [3.8, 4) is 0 Å². The Balaban J connectivity index is 1.61. The summed E-state index contributed by atoms with van der Waals surface area (Å²) in [5.41, 5.74) is 2.38. The average Bonchev–Trinajstić information content (AvgIpc) is 3.00. The maximum Gasteiger partial charge on any atom is 0.189 e. The molecule has 0 radical (unpaired) electrons. The predicted molar refractivity (Wildman–Crippen MR) is 91.4 cm³/mol. The molecule has 1 aromatic carbocycles. The lowest BCUT2D eigenvalue weighted by Gasteiger charge is -2.06. The van der Waals surface area contributed by atoms with Gasteiger partial charge in [0, 0.05) is 47.6 Å². The summed E-state index contributed by atoms with van der Waals surface area (Å²) in [6.07, 6.45) is 1.83. The maximum absolute atomic E-state index is 13.2. The molecule has 3 aromatic rings. The average molecular weight is 331 g/mol. The zero-order chi connectivity index (χ0) is 16.2. The molecule has 0 saturated heterocycles. The third-order valence-electron chi connectivity index (χ3n) is 3.62. The van der Waals surface area contributed by atoms with E-state index in [1.807, 2.05) is 0 Å². The number of benzene rings is 1. The molecule has 0 spiro atoms. The van der Waals surface area contributed by atoms with Crippen molar-refractivity contribution in [3.05, 3.63) is 62.1 Å². The Morgan fingerprint density at radius 2 is 2.22 bits per heavy atom. The standard InChI is InChI=1S/C17H18FN3OS/c1-2-17-21-12(10-23-17)5-6-19-9-13-8-16(22)14-7-11(18)3-4-15(14)20-13/h3-4,7-8,10,19H,2,5-6,9H2,1H3,(H,20,22). The Kier molecular flexibility index (Phi) is 4.83. The molecule has 0 saturated carbocycles. The minimum absolute atomic E-state index is 0.165. The summed E-state index contributed by atoms with van der Waals surface area (Å²) in [5, 5.41) is 6.93. The molecule has 23 heavy (non-hydrogen) atoms. The molecule has 6 heteroatoms. The molecular formula is C17H18FN3OS. The summed E-state index contributed by atoms with van der Waals surface area (Å²) in [6, 6.07) is 5.73. The highest BCUT2D eigenvalue weighted by Crippen LogP contribution is 2.11. The summed E-state index contributed by atoms with van der Waals surface area (Å²) < 4.78 is 13.2. The molecule has 2 heterocycles. The molecule has 0 fully saturated rings. The molecule has 0 amide bonds. The summed E-state index contributed by atoms with van der Waals surface area (Å²) in [7, 11) is 0. The number of thiazole rings is 1. The van der Waals surface area contributed by atoms with E-state index in [1.165, 1.54) is 18.2 Å². The van der Waals surface area contributed by atoms with Crippen molar-refractivity contribution in [2.45, 2.75) is 26.3 Å². The number of pyridine rings is 1. The monoisotopic (exact) mass is 331 g/mol. The van der Waals surface area contributed by atoms with Crippen LogP contribution in [0, 0.1) is 5.82 Å². The molecule has 0 unspecified atom stereocenters. The van der Waals surface area contributed by atoms with Gasteiger partial charge in [0.15, 0.2) is 5.43 Å². The van der Waals surface area contributed by atoms with Crippen LogP contribution in [0.5, 0.6) is 0 Å². The summed E-state index contributed by atoms with van der Waals surface area (Å²) in [5.74, 6) is -0.399. The van der Waals surface area contributed by atoms with Crippen molar-refractivity contribution in [1.29, 1.82) is 0 Å². The van der Waals surface area contributed by atoms with E-state index in [-0.39, 0.29) is 5.43 Å². The van der Waals surface area contributed by atoms with Gasteiger partial charge in [0.05, 0.1) is 10.7 Å². The number of aromatic amines is 1. The van der Waals surface area contributed by atoms with E-state index < -0.39 is 5.82 Å². The number of H-pyrrole nitrogens is 1. The Hall–Kier alpha value is -2.05. The number of halogens is 1. The van der Waals surface area contributed by atoms with Crippen LogP contribution in [-0.4, -0.2) is 16.5 Å². The fourth-order valence-corrected chi connectivity index (χ4v) is 3.21. The van der Waals surface area contributed by atoms with Gasteiger partial charge in [0.2, 0.25) is 0 Å². The Labute approximate surface area is 137 Å². The number of nitrogens with zero attached hydrogens (tertiary/aromatic N) is 1. The lowest BCUT2D eigenvalue weighted by Crippen LogP contribution is -2.19. The van der Waals surface area contributed by atoms with E-state index in [0.29, 0.717) is 17.4 Å². The van der Waals surface area contributed by atoms with Crippen molar-refractivity contribution in [2.24, 2.45) is 0 Å². The zero-order valence-electron chi connectivity index (χ0n) is 12.9. The second kappa shape index (κ2) is 7.02. The third-order valence-corrected chi connectivity index (χ3v) is 4.66. The molecule has 2 N–H and O–H groups in total. The first-order chi connectivity index (χ1) is 11.2. The lowest BCUT2D eigenvalue weighted by molar-refractivity contribution is 0.629. The van der Waals surface area contributed by atoms with E-state index in [9.17, 15) is 9.18 Å². The number of aryl methyl sites for hydroxylation is 1. The number of hydrogen-bond acceptors (Lipinski definition) is 4. The van der Waals surface area contributed by atoms with Gasteiger partial charge in [-0.1, -0.05) is 6.92 Å². The molecule has 0 aliphatic heterocycles. The molecule has 0 bridgehead atoms. The second-order valence-electron chi connectivity index (χ2n) is 5.36. The number of rotatable bonds is 6. The fourth-order valence-electron chi connectivity index (χ4n) is 2.44. The first kappa shape index (κ1) is 15.8. The third kappa shape index (κ3) is 3.83. The molecule has 120 valence electrons. The van der Waals surface area contributed by atoms with Crippen molar-refractivity contribution < 1.29 is 4.39 Å². The predicted octanol–water partition coefficient (Wildman–Crippen LogP) is 3.02. The van der Waals surface area contributed by atoms with E-state index in [0.717, 1.165) is 35.8 Å². The van der Waals surface area contributed by atoms with E-state index in [4.69, 9.17) is 0 Å². The quantitative estimate of drug-likeness (QED) is 0.683. The van der Waals surface area contributed by atoms with E-state index in [2.05, 4.69) is 27.6 Å². The molecule has 2 aromatic heterocycles. The number of aromatic nitrogens is 2. The van der Waals surface area contributed by atoms with Gasteiger partial charge in [-0.05, 0) is 24.6 Å². The summed E-state index contributed by atoms with van der Waals surface area (Å²) >= 11 is 1.69. The fraction of sp³-hybridized carbons (Fsp3) is 0.294. The topological polar surface area (TPSA) is 57.8 Å². The molecule has 3 rings (SSSR count). The van der Waals surface area contributed by atoms with Crippen LogP contribution in [-0.2, 0) is 19.4 Å². The Morgan fingerprint density at radius 3 is 3.00 bits per heavy atom. The largest absolute Gasteiger partial charge is 0.357 e. The normalized spacial score (nSPS) is 11.2. The maximum atomic E-state index is 13.2. The highest BCUT2D eigenvalue weighted by Gasteiger charge is 2.04. The van der Waals surface area contributed by atoms with Crippen LogP contribution in [0.3, 0.4) is 0 Å². The van der Waals surface area contributed by atoms with Gasteiger partial charge >= 0.3 is 0 Å². The van der Waals surface area contributed by atoms with Crippen LogP contribution in [0.15, 0.2) is 34.4 Å². The van der Waals surface area contributed by atoms with Crippen molar-refractivity contribution in [2.75, 3.05) is 6.54 Å². The minimum Gasteiger partial charge on any atom is -0.357 e. The van der Waals surface area contributed by atoms with Crippen molar-refractivity contribution in [1.82, 2.24) is 15.3 Å². The highest BCUT2D eigenvalue weighted by atomic mass is 32.1. The van der Waals surface area contributed by atoms with Gasteiger partial charge in [-0.15, -0.1) is 11.3 Å². The van der Waals surface area contributed by atoms with Crippen LogP contribution in [0.1, 0.15) is 23.3 Å². The van der Waals surface area contributed by atoms with E-state index >= 15 is 0 Å². The van der Waals surface area contributed by atoms with Crippen molar-refractivity contribution >= 4 is 22.2 Å². The van der Waals surface area contributed by atoms with Gasteiger partial charge in [-0.3, -0.25) is 4.79 Å². The molecule has 4 nitrogen and oxygen atoms in total. The van der Waals surface area contributed by atoms with Gasteiger partial charge < -0.3 is 10.3 Å². The lowest BCUT2D eigenvalue weighted by atomic mass is 10.2. The molecular weight excluding hydrogens is 313 g/mol. The Bertz CT molecular complexity index is 872. The van der Waals surface area contributed by atoms with Crippen molar-refractivity contribution in [3.63, 3.8) is 0 Å². The summed E-state index contributed by atoms with van der Waals surface area (Å²) in [4.78, 5) is 19.7. The smallest absolute Gasteiger partial charge is 0.189 e. The van der Waals surface area contributed by atoms with Crippen LogP contribution in [0.2, 0.25) is 0 Å². The van der Waals surface area contributed by atoms with Crippen LogP contribution >= 0.6 is 11.3 Å². The first-order valence-corrected chi connectivity index (χ1v) is 8.49. The molecule has 0 aliphatic rings. The first-order valence-electron chi connectivity index (χ1n) is 7.61. The number of hydrogen-bond donors (Lipinski definition) is 2. The van der Waals surface area contributed by atoms with Gasteiger partial charge in [-0.2, -0.15) is 0 Å². The number of nitrogens with one attached hydrogen (secondary N) is 2.